The van der Waals surface area contributed by atoms with Crippen LogP contribution in [0.4, 0.5) is 8.78 Å². The third-order valence-corrected chi connectivity index (χ3v) is 10.9. The normalized spacial score (nSPS) is 28.8. The van der Waals surface area contributed by atoms with Gasteiger partial charge in [0, 0.05) is 1.43 Å². The number of rotatable bonds is 8. The molecule has 0 atom stereocenters. The van der Waals surface area contributed by atoms with E-state index in [4.69, 9.17) is 9.47 Å². The van der Waals surface area contributed by atoms with Crippen molar-refractivity contribution in [1.82, 2.24) is 0 Å². The Morgan fingerprint density at radius 1 is 0.698 bits per heavy atom. The minimum absolute atomic E-state index is 0. The fourth-order valence-electron chi connectivity index (χ4n) is 8.32. The van der Waals surface area contributed by atoms with E-state index in [0.717, 1.165) is 73.5 Å². The molecule has 4 fully saturated rings. The van der Waals surface area contributed by atoms with Gasteiger partial charge in [0.05, 0.1) is 13.2 Å². The van der Waals surface area contributed by atoms with Crippen LogP contribution in [0.15, 0.2) is 48.6 Å². The van der Waals surface area contributed by atoms with Gasteiger partial charge in [0.1, 0.15) is 5.75 Å². The predicted octanol–water partition coefficient (Wildman–Crippen LogP) is 11.9. The highest BCUT2D eigenvalue weighted by Gasteiger charge is 2.36. The molecule has 0 unspecified atom stereocenters. The van der Waals surface area contributed by atoms with Crippen molar-refractivity contribution in [3.63, 3.8) is 0 Å². The van der Waals surface area contributed by atoms with Crippen LogP contribution in [0.2, 0.25) is 0 Å². The summed E-state index contributed by atoms with van der Waals surface area (Å²) in [6, 6.07) is 12.1. The highest BCUT2D eigenvalue weighted by atomic mass is 19.2. The zero-order valence-electron chi connectivity index (χ0n) is 26.2. The highest BCUT2D eigenvalue weighted by Crippen LogP contribution is 2.48. The van der Waals surface area contributed by atoms with Crippen molar-refractivity contribution in [1.29, 1.82) is 0 Å². The molecule has 0 aromatic heterocycles. The van der Waals surface area contributed by atoms with Gasteiger partial charge in [0.2, 0.25) is 5.82 Å². The summed E-state index contributed by atoms with van der Waals surface area (Å²) < 4.78 is 39.0. The topological polar surface area (TPSA) is 18.5 Å². The molecule has 240 valence electrons. The Kier molecular flexibility index (Phi) is 12.1. The molecule has 0 spiro atoms. The van der Waals surface area contributed by atoms with Gasteiger partial charge in [-0.05, 0) is 162 Å². The van der Waals surface area contributed by atoms with E-state index in [1.807, 2.05) is 6.92 Å². The molecular formula is C39H58F2O2. The predicted molar refractivity (Wildman–Crippen MR) is 177 cm³/mol. The van der Waals surface area contributed by atoms with E-state index in [0.29, 0.717) is 12.2 Å². The van der Waals surface area contributed by atoms with Crippen molar-refractivity contribution >= 4 is 0 Å². The first-order chi connectivity index (χ1) is 20.4. The van der Waals surface area contributed by atoms with Crippen LogP contribution in [0.1, 0.15) is 130 Å². The van der Waals surface area contributed by atoms with Crippen LogP contribution < -0.4 is 9.47 Å². The van der Waals surface area contributed by atoms with Gasteiger partial charge in [-0.15, -0.1) is 0 Å². The number of halogens is 2. The smallest absolute Gasteiger partial charge is 0.200 e. The summed E-state index contributed by atoms with van der Waals surface area (Å²) in [5, 5.41) is 0. The third kappa shape index (κ3) is 8.22. The van der Waals surface area contributed by atoms with Crippen molar-refractivity contribution in [3.05, 3.63) is 71.3 Å². The van der Waals surface area contributed by atoms with E-state index in [2.05, 4.69) is 37.8 Å². The summed E-state index contributed by atoms with van der Waals surface area (Å²) >= 11 is 0. The minimum atomic E-state index is -0.825. The van der Waals surface area contributed by atoms with E-state index in [1.165, 1.54) is 62.5 Å². The fraction of sp³-hybridized carbons (Fsp3) is 0.641. The molecule has 2 nitrogen and oxygen atoms in total. The zero-order valence-corrected chi connectivity index (χ0v) is 26.2. The maximum Gasteiger partial charge on any atom is 0.200 e. The fourth-order valence-corrected chi connectivity index (χ4v) is 8.32. The molecule has 0 bridgehead atoms. The monoisotopic (exact) mass is 596 g/mol. The van der Waals surface area contributed by atoms with Crippen LogP contribution in [0.3, 0.4) is 0 Å². The number of allylic oxidation sites excluding steroid dienone is 1. The second-order valence-electron chi connectivity index (χ2n) is 13.7. The first-order valence-electron chi connectivity index (χ1n) is 16.9. The van der Waals surface area contributed by atoms with Crippen LogP contribution in [0, 0.1) is 41.2 Å². The molecule has 43 heavy (non-hydrogen) atoms. The second kappa shape index (κ2) is 15.6. The van der Waals surface area contributed by atoms with Gasteiger partial charge >= 0.3 is 0 Å². The Hall–Kier alpha value is -2.36. The molecule has 0 N–H and O–H groups in total. The number of hydrogen-bond acceptors (Lipinski definition) is 2. The lowest BCUT2D eigenvalue weighted by atomic mass is 9.64. The number of ether oxygens (including phenoxy) is 2. The Bertz CT molecular complexity index is 1150. The summed E-state index contributed by atoms with van der Waals surface area (Å²) in [7, 11) is 0. The minimum Gasteiger partial charge on any atom is -0.494 e. The van der Waals surface area contributed by atoms with Gasteiger partial charge in [-0.25, -0.2) is 4.39 Å². The molecule has 0 aliphatic heterocycles. The van der Waals surface area contributed by atoms with E-state index in [-0.39, 0.29) is 20.5 Å². The van der Waals surface area contributed by atoms with Crippen LogP contribution in [-0.4, -0.2) is 13.2 Å². The Morgan fingerprint density at radius 2 is 1.26 bits per heavy atom. The van der Waals surface area contributed by atoms with Gasteiger partial charge in [-0.1, -0.05) is 44.7 Å². The van der Waals surface area contributed by atoms with Crippen LogP contribution in [0.25, 0.3) is 0 Å². The Balaban J connectivity index is 0.000000231. The number of benzene rings is 2. The molecule has 4 saturated carbocycles. The quantitative estimate of drug-likeness (QED) is 0.282. The van der Waals surface area contributed by atoms with Crippen molar-refractivity contribution < 1.29 is 19.7 Å². The molecule has 2 aromatic carbocycles. The van der Waals surface area contributed by atoms with E-state index >= 15 is 0 Å². The molecule has 0 amide bonds. The molecule has 0 saturated heterocycles. The molecule has 6 rings (SSSR count). The molecular weight excluding hydrogens is 538 g/mol. The van der Waals surface area contributed by atoms with E-state index in [1.54, 1.807) is 19.1 Å². The van der Waals surface area contributed by atoms with Crippen molar-refractivity contribution in [3.8, 4) is 11.5 Å². The average molecular weight is 597 g/mol. The summed E-state index contributed by atoms with van der Waals surface area (Å²) in [5.74, 6) is 4.95. The Labute approximate surface area is 262 Å². The summed E-state index contributed by atoms with van der Waals surface area (Å²) in [6.45, 7) is 11.3. The van der Waals surface area contributed by atoms with Gasteiger partial charge in [0.25, 0.3) is 0 Å². The summed E-state index contributed by atoms with van der Waals surface area (Å²) in [5.41, 5.74) is 3.52. The lowest BCUT2D eigenvalue weighted by Gasteiger charge is -2.42. The maximum atomic E-state index is 14.3. The second-order valence-corrected chi connectivity index (χ2v) is 13.7. The molecule has 2 aromatic rings. The lowest BCUT2D eigenvalue weighted by molar-refractivity contribution is 0.103. The van der Waals surface area contributed by atoms with Gasteiger partial charge in [-0.3, -0.25) is 0 Å². The standard InChI is InChI=1S/C19H26F2O.C19H26O.CH4.H2/c1-3-22-17-9-8-16(18(20)19(17)21)14-6-4-13(5-7-14)15-10-12(2)11-15;1-3-20-19-10-8-16(9-11-19)15-4-6-17(7-5-15)18-12-14(2)13-18;;/h8-9,12-15H,3-7,10-11H2,1-2H3;8-11,15,17-18H,2-7,12-13H2,1H3;1H4;1H. The van der Waals surface area contributed by atoms with Gasteiger partial charge in [0.15, 0.2) is 11.6 Å². The van der Waals surface area contributed by atoms with E-state index < -0.39 is 11.6 Å². The first-order valence-corrected chi connectivity index (χ1v) is 16.9. The summed E-state index contributed by atoms with van der Waals surface area (Å²) in [4.78, 5) is 0. The van der Waals surface area contributed by atoms with Gasteiger partial charge < -0.3 is 9.47 Å². The van der Waals surface area contributed by atoms with Crippen LogP contribution in [0.5, 0.6) is 11.5 Å². The first kappa shape index (κ1) is 33.5. The highest BCUT2D eigenvalue weighted by molar-refractivity contribution is 5.33. The Morgan fingerprint density at radius 3 is 1.79 bits per heavy atom. The van der Waals surface area contributed by atoms with E-state index in [9.17, 15) is 8.78 Å². The zero-order chi connectivity index (χ0) is 29.6. The molecule has 4 aliphatic rings. The van der Waals surface area contributed by atoms with Gasteiger partial charge in [-0.2, -0.15) is 4.39 Å². The average Bonchev–Trinajstić information content (AvgIpc) is 2.98. The van der Waals surface area contributed by atoms with Crippen LogP contribution in [-0.2, 0) is 0 Å². The maximum absolute atomic E-state index is 14.3. The van der Waals surface area contributed by atoms with Crippen molar-refractivity contribution in [2.75, 3.05) is 13.2 Å². The van der Waals surface area contributed by atoms with Crippen LogP contribution >= 0.6 is 0 Å². The third-order valence-electron chi connectivity index (χ3n) is 10.9. The molecule has 0 radical (unpaired) electrons. The summed E-state index contributed by atoms with van der Waals surface area (Å²) in [6.07, 6.45) is 15.2. The lowest BCUT2D eigenvalue weighted by Crippen LogP contribution is -2.31. The SMILES string of the molecule is C.C=C1CC(C2CCC(c3ccc(OCC)cc3)CC2)C1.CCOc1ccc(C2CCC(C3CC(C)C3)CC2)c(F)c1F.[HH]. The largest absolute Gasteiger partial charge is 0.494 e. The van der Waals surface area contributed by atoms with Crippen molar-refractivity contribution in [2.45, 2.75) is 117 Å². The number of hydrogen-bond donors (Lipinski definition) is 0. The molecule has 4 heteroatoms. The van der Waals surface area contributed by atoms with Crippen molar-refractivity contribution in [2.24, 2.45) is 29.6 Å². The molecule has 0 heterocycles. The molecule has 4 aliphatic carbocycles.